The van der Waals surface area contributed by atoms with E-state index < -0.39 is 0 Å². The molecule has 4 aromatic rings. The van der Waals surface area contributed by atoms with E-state index in [1.807, 2.05) is 61.5 Å². The summed E-state index contributed by atoms with van der Waals surface area (Å²) in [5, 5.41) is 20.8. The lowest BCUT2D eigenvalue weighted by Gasteiger charge is -2.19. The molecule has 0 radical (unpaired) electrons. The Labute approximate surface area is 193 Å². The van der Waals surface area contributed by atoms with E-state index in [0.717, 1.165) is 28.0 Å². The normalized spacial score (nSPS) is 10.6. The molecule has 5 nitrogen and oxygen atoms in total. The van der Waals surface area contributed by atoms with Crippen LogP contribution >= 0.6 is 0 Å². The van der Waals surface area contributed by atoms with Crippen LogP contribution in [0.5, 0.6) is 28.7 Å². The predicted molar refractivity (Wildman–Crippen MR) is 129 cm³/mol. The number of aromatic hydroxyl groups is 2. The molecule has 0 aliphatic carbocycles. The molecular weight excluding hydrogens is 416 g/mol. The van der Waals surface area contributed by atoms with Crippen molar-refractivity contribution in [3.05, 3.63) is 90.0 Å². The Balaban J connectivity index is 1.72. The van der Waals surface area contributed by atoms with Crippen molar-refractivity contribution in [2.24, 2.45) is 0 Å². The van der Waals surface area contributed by atoms with Gasteiger partial charge in [-0.1, -0.05) is 48.5 Å². The highest BCUT2D eigenvalue weighted by Crippen LogP contribution is 2.50. The molecule has 4 rings (SSSR count). The summed E-state index contributed by atoms with van der Waals surface area (Å²) in [6, 6.07) is 24.3. The predicted octanol–water partition coefficient (Wildman–Crippen LogP) is 6.34. The SMILES string of the molecule is COc1cc(-c2ccc(O)cc2)c(OC)c(O)c1-c1ccc(OCc2ccccc2)c(C)c1. The maximum absolute atomic E-state index is 11.2. The second-order valence-corrected chi connectivity index (χ2v) is 7.68. The van der Waals surface area contributed by atoms with Crippen LogP contribution in [0.15, 0.2) is 78.9 Å². The summed E-state index contributed by atoms with van der Waals surface area (Å²) in [5.41, 5.74) is 4.79. The Kier molecular flexibility index (Phi) is 6.41. The van der Waals surface area contributed by atoms with Crippen LogP contribution in [0.2, 0.25) is 0 Å². The zero-order valence-electron chi connectivity index (χ0n) is 18.8. The van der Waals surface area contributed by atoms with Crippen molar-refractivity contribution in [3.8, 4) is 51.0 Å². The van der Waals surface area contributed by atoms with Crippen LogP contribution in [-0.2, 0) is 6.61 Å². The van der Waals surface area contributed by atoms with E-state index in [2.05, 4.69) is 0 Å². The number of phenols is 2. The fourth-order valence-electron chi connectivity index (χ4n) is 3.83. The average molecular weight is 443 g/mol. The molecule has 0 fully saturated rings. The first kappa shape index (κ1) is 22.1. The fourth-order valence-corrected chi connectivity index (χ4v) is 3.83. The molecule has 5 heteroatoms. The number of hydrogen-bond donors (Lipinski definition) is 2. The summed E-state index contributed by atoms with van der Waals surface area (Å²) in [7, 11) is 3.08. The van der Waals surface area contributed by atoms with Crippen LogP contribution in [-0.4, -0.2) is 24.4 Å². The quantitative estimate of drug-likeness (QED) is 0.350. The molecule has 4 aromatic carbocycles. The topological polar surface area (TPSA) is 68.2 Å². The van der Waals surface area contributed by atoms with Gasteiger partial charge in [0.25, 0.3) is 0 Å². The molecule has 0 heterocycles. The molecule has 0 unspecified atom stereocenters. The zero-order chi connectivity index (χ0) is 23.4. The summed E-state index contributed by atoms with van der Waals surface area (Å²) in [4.78, 5) is 0. The van der Waals surface area contributed by atoms with Crippen LogP contribution in [0.1, 0.15) is 11.1 Å². The first-order chi connectivity index (χ1) is 16.0. The summed E-state index contributed by atoms with van der Waals surface area (Å²) in [5.74, 6) is 1.76. The minimum Gasteiger partial charge on any atom is -0.508 e. The van der Waals surface area contributed by atoms with Gasteiger partial charge in [-0.25, -0.2) is 0 Å². The molecule has 0 saturated carbocycles. The monoisotopic (exact) mass is 442 g/mol. The number of benzene rings is 4. The molecule has 0 amide bonds. The molecule has 168 valence electrons. The molecule has 0 atom stereocenters. The van der Waals surface area contributed by atoms with Crippen molar-refractivity contribution in [2.75, 3.05) is 14.2 Å². The van der Waals surface area contributed by atoms with Crippen LogP contribution in [0.4, 0.5) is 0 Å². The third-order valence-electron chi connectivity index (χ3n) is 5.52. The number of ether oxygens (including phenoxy) is 3. The van der Waals surface area contributed by atoms with E-state index in [4.69, 9.17) is 14.2 Å². The van der Waals surface area contributed by atoms with Crippen LogP contribution in [0, 0.1) is 6.92 Å². The Hall–Kier alpha value is -4.12. The van der Waals surface area contributed by atoms with E-state index in [1.165, 1.54) is 7.11 Å². The third-order valence-corrected chi connectivity index (χ3v) is 5.52. The maximum Gasteiger partial charge on any atom is 0.170 e. The van der Waals surface area contributed by atoms with Gasteiger partial charge >= 0.3 is 0 Å². The van der Waals surface area contributed by atoms with E-state index >= 15 is 0 Å². The molecule has 0 aliphatic heterocycles. The summed E-state index contributed by atoms with van der Waals surface area (Å²) < 4.78 is 17.2. The van der Waals surface area contributed by atoms with Gasteiger partial charge in [0, 0.05) is 5.56 Å². The second kappa shape index (κ2) is 9.57. The highest BCUT2D eigenvalue weighted by atomic mass is 16.5. The Morgan fingerprint density at radius 3 is 2.06 bits per heavy atom. The van der Waals surface area contributed by atoms with E-state index in [-0.39, 0.29) is 11.5 Å². The number of hydrogen-bond acceptors (Lipinski definition) is 5. The summed E-state index contributed by atoms with van der Waals surface area (Å²) >= 11 is 0. The van der Waals surface area contributed by atoms with Gasteiger partial charge in [-0.2, -0.15) is 0 Å². The van der Waals surface area contributed by atoms with Crippen molar-refractivity contribution in [2.45, 2.75) is 13.5 Å². The largest absolute Gasteiger partial charge is 0.508 e. The molecule has 0 spiro atoms. The minimum absolute atomic E-state index is 0.0164. The summed E-state index contributed by atoms with van der Waals surface area (Å²) in [6.45, 7) is 2.44. The number of phenolic OH excluding ortho intramolecular Hbond substituents is 2. The maximum atomic E-state index is 11.2. The summed E-state index contributed by atoms with van der Waals surface area (Å²) in [6.07, 6.45) is 0. The molecule has 0 aromatic heterocycles. The highest BCUT2D eigenvalue weighted by Gasteiger charge is 2.22. The van der Waals surface area contributed by atoms with Gasteiger partial charge in [-0.05, 0) is 59.5 Å². The van der Waals surface area contributed by atoms with Crippen molar-refractivity contribution in [1.29, 1.82) is 0 Å². The molecule has 0 aliphatic rings. The lowest BCUT2D eigenvalue weighted by Crippen LogP contribution is -1.98. The number of rotatable bonds is 7. The Morgan fingerprint density at radius 1 is 0.727 bits per heavy atom. The van der Waals surface area contributed by atoms with Crippen LogP contribution in [0.3, 0.4) is 0 Å². The molecule has 0 saturated heterocycles. The van der Waals surface area contributed by atoms with E-state index in [1.54, 1.807) is 31.4 Å². The van der Waals surface area contributed by atoms with Crippen molar-refractivity contribution >= 4 is 0 Å². The van der Waals surface area contributed by atoms with Gasteiger partial charge in [0.2, 0.25) is 0 Å². The zero-order valence-corrected chi connectivity index (χ0v) is 18.8. The highest BCUT2D eigenvalue weighted by molar-refractivity contribution is 5.87. The van der Waals surface area contributed by atoms with Gasteiger partial charge < -0.3 is 24.4 Å². The van der Waals surface area contributed by atoms with Crippen molar-refractivity contribution in [3.63, 3.8) is 0 Å². The van der Waals surface area contributed by atoms with E-state index in [0.29, 0.717) is 29.2 Å². The van der Waals surface area contributed by atoms with Gasteiger partial charge in [0.1, 0.15) is 23.9 Å². The number of aryl methyl sites for hydroxylation is 1. The first-order valence-corrected chi connectivity index (χ1v) is 10.6. The van der Waals surface area contributed by atoms with Crippen molar-refractivity contribution < 1.29 is 24.4 Å². The van der Waals surface area contributed by atoms with Crippen LogP contribution in [0.25, 0.3) is 22.3 Å². The lowest BCUT2D eigenvalue weighted by atomic mass is 9.95. The molecule has 2 N–H and O–H groups in total. The lowest BCUT2D eigenvalue weighted by molar-refractivity contribution is 0.304. The average Bonchev–Trinajstić information content (AvgIpc) is 2.84. The molecular formula is C28H26O5. The van der Waals surface area contributed by atoms with Gasteiger partial charge in [0.05, 0.1) is 19.8 Å². The third kappa shape index (κ3) is 4.58. The minimum atomic E-state index is -0.0164. The Bertz CT molecular complexity index is 1250. The second-order valence-electron chi connectivity index (χ2n) is 7.68. The molecule has 0 bridgehead atoms. The standard InChI is InChI=1S/C28H26O5/c1-18-15-21(11-14-24(18)33-17-19-7-5-4-6-8-19)26-25(31-2)16-23(28(32-3)27(26)30)20-9-12-22(29)13-10-20/h4-16,29-30H,17H2,1-3H3. The smallest absolute Gasteiger partial charge is 0.170 e. The van der Waals surface area contributed by atoms with Crippen LogP contribution < -0.4 is 14.2 Å². The number of methoxy groups -OCH3 is 2. The first-order valence-electron chi connectivity index (χ1n) is 10.6. The van der Waals surface area contributed by atoms with Gasteiger partial charge in [-0.3, -0.25) is 0 Å². The molecule has 33 heavy (non-hydrogen) atoms. The van der Waals surface area contributed by atoms with E-state index in [9.17, 15) is 10.2 Å². The Morgan fingerprint density at radius 2 is 1.42 bits per heavy atom. The van der Waals surface area contributed by atoms with Crippen molar-refractivity contribution in [1.82, 2.24) is 0 Å². The fraction of sp³-hybridized carbons (Fsp3) is 0.143. The van der Waals surface area contributed by atoms with Gasteiger partial charge in [-0.15, -0.1) is 0 Å². The van der Waals surface area contributed by atoms with Gasteiger partial charge in [0.15, 0.2) is 11.5 Å².